The first-order valence-electron chi connectivity index (χ1n) is 9.59. The van der Waals surface area contributed by atoms with E-state index in [1.165, 1.54) is 19.3 Å². The van der Waals surface area contributed by atoms with Crippen molar-refractivity contribution in [3.05, 3.63) is 42.5 Å². The number of ether oxygens (including phenoxy) is 1. The smallest absolute Gasteiger partial charge is 0.151 e. The largest absolute Gasteiger partial charge is 0.495 e. The summed E-state index contributed by atoms with van der Waals surface area (Å²) in [5.74, 6) is 1.63. The molecule has 146 valence electrons. The van der Waals surface area contributed by atoms with Gasteiger partial charge in [-0.2, -0.15) is 5.10 Å². The highest BCUT2D eigenvalue weighted by Gasteiger charge is 2.27. The van der Waals surface area contributed by atoms with Crippen molar-refractivity contribution in [3.8, 4) is 17.0 Å². The Kier molecular flexibility index (Phi) is 4.93. The zero-order valence-electron chi connectivity index (χ0n) is 16.5. The van der Waals surface area contributed by atoms with Gasteiger partial charge >= 0.3 is 0 Å². The predicted molar refractivity (Wildman–Crippen MR) is 106 cm³/mol. The minimum atomic E-state index is -0.481. The molecule has 0 unspecified atom stereocenters. The number of pyridine rings is 1. The summed E-state index contributed by atoms with van der Waals surface area (Å²) in [4.78, 5) is 6.49. The number of methoxy groups -OCH3 is 1. The number of piperidine rings is 1. The molecule has 1 saturated heterocycles. The Hall–Kier alpha value is -3.03. The fourth-order valence-corrected chi connectivity index (χ4v) is 3.40. The van der Waals surface area contributed by atoms with Gasteiger partial charge in [0.25, 0.3) is 0 Å². The molecule has 0 saturated carbocycles. The molecule has 4 rings (SSSR count). The van der Waals surface area contributed by atoms with E-state index < -0.39 is 5.54 Å². The van der Waals surface area contributed by atoms with Gasteiger partial charge < -0.3 is 9.64 Å². The summed E-state index contributed by atoms with van der Waals surface area (Å²) in [5.41, 5.74) is 1.95. The lowest BCUT2D eigenvalue weighted by atomic mass is 10.0. The van der Waals surface area contributed by atoms with E-state index in [-0.39, 0.29) is 0 Å². The first kappa shape index (κ1) is 18.3. The Bertz CT molecular complexity index is 930. The highest BCUT2D eigenvalue weighted by Crippen LogP contribution is 2.27. The monoisotopic (exact) mass is 379 g/mol. The third-order valence-electron chi connectivity index (χ3n) is 5.27. The number of rotatable bonds is 5. The lowest BCUT2D eigenvalue weighted by Crippen LogP contribution is -2.32. The van der Waals surface area contributed by atoms with Gasteiger partial charge in [0.2, 0.25) is 0 Å². The third-order valence-corrected chi connectivity index (χ3v) is 5.27. The molecule has 8 heteroatoms. The van der Waals surface area contributed by atoms with Crippen LogP contribution in [0.1, 0.15) is 38.8 Å². The van der Waals surface area contributed by atoms with Crippen LogP contribution in [0.3, 0.4) is 0 Å². The normalized spacial score (nSPS) is 14.9. The van der Waals surface area contributed by atoms with Crippen LogP contribution in [0.5, 0.6) is 5.75 Å². The van der Waals surface area contributed by atoms with Crippen molar-refractivity contribution >= 4 is 5.82 Å². The molecule has 3 aromatic heterocycles. The van der Waals surface area contributed by atoms with E-state index in [0.717, 1.165) is 35.9 Å². The molecular formula is C20H25N7O. The number of hydrogen-bond acceptors (Lipinski definition) is 7. The lowest BCUT2D eigenvalue weighted by Gasteiger charge is -2.28. The molecule has 1 aliphatic heterocycles. The van der Waals surface area contributed by atoms with Crippen molar-refractivity contribution in [2.24, 2.45) is 0 Å². The van der Waals surface area contributed by atoms with Crippen molar-refractivity contribution < 1.29 is 4.74 Å². The standard InChI is InChI=1S/C20H25N7O/c1-20(2,18-7-8-19(24-23-18)26-9-5-4-6-10-26)27-14-17(22-25-27)15-11-16(28-3)13-21-12-15/h7-8,11-14H,4-6,9-10H2,1-3H3. The van der Waals surface area contributed by atoms with Crippen molar-refractivity contribution in [2.75, 3.05) is 25.1 Å². The number of nitrogens with zero attached hydrogens (tertiary/aromatic N) is 7. The van der Waals surface area contributed by atoms with Gasteiger partial charge in [0.1, 0.15) is 17.0 Å². The summed E-state index contributed by atoms with van der Waals surface area (Å²) in [5, 5.41) is 17.6. The summed E-state index contributed by atoms with van der Waals surface area (Å²) in [6.07, 6.45) is 9.04. The molecule has 0 radical (unpaired) electrons. The van der Waals surface area contributed by atoms with Crippen molar-refractivity contribution in [2.45, 2.75) is 38.6 Å². The molecule has 1 aliphatic rings. The van der Waals surface area contributed by atoms with E-state index >= 15 is 0 Å². The van der Waals surface area contributed by atoms with Crippen LogP contribution in [0.25, 0.3) is 11.3 Å². The van der Waals surface area contributed by atoms with E-state index in [0.29, 0.717) is 5.75 Å². The highest BCUT2D eigenvalue weighted by molar-refractivity contribution is 5.58. The van der Waals surface area contributed by atoms with Gasteiger partial charge in [-0.1, -0.05) is 5.21 Å². The quantitative estimate of drug-likeness (QED) is 0.674. The first-order chi connectivity index (χ1) is 13.6. The van der Waals surface area contributed by atoms with Gasteiger partial charge in [-0.15, -0.1) is 10.2 Å². The molecule has 0 N–H and O–H groups in total. The van der Waals surface area contributed by atoms with E-state index in [1.807, 2.05) is 23.0 Å². The fourth-order valence-electron chi connectivity index (χ4n) is 3.40. The second kappa shape index (κ2) is 7.53. The van der Waals surface area contributed by atoms with Gasteiger partial charge in [0, 0.05) is 24.8 Å². The first-order valence-corrected chi connectivity index (χ1v) is 9.59. The number of aromatic nitrogens is 6. The Morgan fingerprint density at radius 3 is 2.54 bits per heavy atom. The summed E-state index contributed by atoms with van der Waals surface area (Å²) in [6.45, 7) is 6.22. The molecule has 0 amide bonds. The van der Waals surface area contributed by atoms with Crippen LogP contribution in [0, 0.1) is 0 Å². The summed E-state index contributed by atoms with van der Waals surface area (Å²) in [6, 6.07) is 5.98. The molecule has 3 aromatic rings. The Morgan fingerprint density at radius 2 is 1.82 bits per heavy atom. The maximum Gasteiger partial charge on any atom is 0.151 e. The van der Waals surface area contributed by atoms with Crippen molar-refractivity contribution in [3.63, 3.8) is 0 Å². The molecular weight excluding hydrogens is 354 g/mol. The Balaban J connectivity index is 1.57. The predicted octanol–water partition coefficient (Wildman–Crippen LogP) is 2.91. The summed E-state index contributed by atoms with van der Waals surface area (Å²) in [7, 11) is 1.62. The second-order valence-electron chi connectivity index (χ2n) is 7.55. The van der Waals surface area contributed by atoms with Gasteiger partial charge in [0.05, 0.1) is 25.2 Å². The lowest BCUT2D eigenvalue weighted by molar-refractivity contribution is 0.367. The van der Waals surface area contributed by atoms with E-state index in [1.54, 1.807) is 19.5 Å². The summed E-state index contributed by atoms with van der Waals surface area (Å²) >= 11 is 0. The van der Waals surface area contributed by atoms with Crippen molar-refractivity contribution in [1.82, 2.24) is 30.2 Å². The van der Waals surface area contributed by atoms with Gasteiger partial charge in [-0.05, 0) is 51.3 Å². The van der Waals surface area contributed by atoms with Crippen LogP contribution < -0.4 is 9.64 Å². The molecule has 0 atom stereocenters. The Morgan fingerprint density at radius 1 is 1.00 bits per heavy atom. The summed E-state index contributed by atoms with van der Waals surface area (Å²) < 4.78 is 7.05. The molecule has 0 bridgehead atoms. The molecule has 28 heavy (non-hydrogen) atoms. The van der Waals surface area contributed by atoms with Gasteiger partial charge in [-0.25, -0.2) is 4.68 Å². The van der Waals surface area contributed by atoms with Crippen LogP contribution in [-0.4, -0.2) is 50.4 Å². The minimum absolute atomic E-state index is 0.481. The third kappa shape index (κ3) is 3.54. The zero-order chi connectivity index (χ0) is 19.6. The van der Waals surface area contributed by atoms with E-state index in [4.69, 9.17) is 4.74 Å². The Labute approximate surface area is 164 Å². The molecule has 0 aromatic carbocycles. The van der Waals surface area contributed by atoms with Gasteiger partial charge in [0.15, 0.2) is 5.82 Å². The molecule has 0 aliphatic carbocycles. The zero-order valence-corrected chi connectivity index (χ0v) is 16.5. The maximum absolute atomic E-state index is 5.24. The molecule has 1 fully saturated rings. The number of hydrogen-bond donors (Lipinski definition) is 0. The van der Waals surface area contributed by atoms with Crippen LogP contribution in [0.2, 0.25) is 0 Å². The maximum atomic E-state index is 5.24. The van der Waals surface area contributed by atoms with Crippen LogP contribution in [0.4, 0.5) is 5.82 Å². The van der Waals surface area contributed by atoms with Crippen LogP contribution in [-0.2, 0) is 5.54 Å². The second-order valence-corrected chi connectivity index (χ2v) is 7.55. The number of anilines is 1. The minimum Gasteiger partial charge on any atom is -0.495 e. The van der Waals surface area contributed by atoms with E-state index in [9.17, 15) is 0 Å². The van der Waals surface area contributed by atoms with Crippen LogP contribution >= 0.6 is 0 Å². The molecule has 4 heterocycles. The molecule has 0 spiro atoms. The highest BCUT2D eigenvalue weighted by atomic mass is 16.5. The topological polar surface area (TPSA) is 81.9 Å². The SMILES string of the molecule is COc1cncc(-c2cn(C(C)(C)c3ccc(N4CCCCC4)nn3)nn2)c1. The average molecular weight is 379 g/mol. The van der Waals surface area contributed by atoms with Crippen molar-refractivity contribution in [1.29, 1.82) is 0 Å². The van der Waals surface area contributed by atoms with Gasteiger partial charge in [-0.3, -0.25) is 4.98 Å². The van der Waals surface area contributed by atoms with E-state index in [2.05, 4.69) is 50.3 Å². The average Bonchev–Trinajstić information content (AvgIpc) is 3.26. The fraction of sp³-hybridized carbons (Fsp3) is 0.450. The van der Waals surface area contributed by atoms with Crippen LogP contribution in [0.15, 0.2) is 36.8 Å². The molecule has 8 nitrogen and oxygen atoms in total.